The fraction of sp³-hybridized carbons (Fsp3) is 0.421. The first-order chi connectivity index (χ1) is 13.7. The summed E-state index contributed by atoms with van der Waals surface area (Å²) in [6.45, 7) is 4.11. The van der Waals surface area contributed by atoms with Gasteiger partial charge in [-0.25, -0.2) is 19.7 Å². The van der Waals surface area contributed by atoms with Gasteiger partial charge in [0.05, 0.1) is 25.0 Å². The molecule has 0 aliphatic carbocycles. The lowest BCUT2D eigenvalue weighted by molar-refractivity contribution is 0.0983. The predicted octanol–water partition coefficient (Wildman–Crippen LogP) is 2.30. The number of pyridine rings is 1. The number of aromatic nitrogens is 5. The molecule has 0 saturated carbocycles. The van der Waals surface area contributed by atoms with E-state index in [-0.39, 0.29) is 12.1 Å². The zero-order chi connectivity index (χ0) is 19.3. The Morgan fingerprint density at radius 3 is 2.89 bits per heavy atom. The van der Waals surface area contributed by atoms with E-state index in [0.717, 1.165) is 35.6 Å². The highest BCUT2D eigenvalue weighted by Crippen LogP contribution is 2.22. The van der Waals surface area contributed by atoms with E-state index < -0.39 is 0 Å². The fourth-order valence-electron chi connectivity index (χ4n) is 3.39. The number of nitrogens with zero attached hydrogens (tertiary/aromatic N) is 6. The van der Waals surface area contributed by atoms with Crippen molar-refractivity contribution in [2.75, 3.05) is 25.0 Å². The summed E-state index contributed by atoms with van der Waals surface area (Å²) in [4.78, 5) is 31.2. The van der Waals surface area contributed by atoms with Crippen molar-refractivity contribution >= 4 is 23.2 Å². The van der Waals surface area contributed by atoms with Crippen LogP contribution in [0.5, 0.6) is 0 Å². The van der Waals surface area contributed by atoms with Gasteiger partial charge in [0.15, 0.2) is 5.65 Å². The number of piperidine rings is 1. The Kier molecular flexibility index (Phi) is 5.31. The number of rotatable bonds is 5. The molecule has 4 heterocycles. The van der Waals surface area contributed by atoms with E-state index in [1.165, 1.54) is 6.33 Å². The number of fused-ring (bicyclic) bond motifs is 1. The molecule has 0 bridgehead atoms. The number of nitrogens with one attached hydrogen (secondary N) is 1. The third-order valence-electron chi connectivity index (χ3n) is 4.81. The van der Waals surface area contributed by atoms with Gasteiger partial charge in [-0.2, -0.15) is 0 Å². The van der Waals surface area contributed by atoms with Crippen LogP contribution in [0.3, 0.4) is 0 Å². The molecule has 1 aliphatic heterocycles. The normalized spacial score (nSPS) is 15.0. The van der Waals surface area contributed by atoms with Crippen molar-refractivity contribution in [3.8, 4) is 0 Å². The van der Waals surface area contributed by atoms with Gasteiger partial charge in [0.1, 0.15) is 11.8 Å². The predicted molar refractivity (Wildman–Crippen MR) is 104 cm³/mol. The number of hydrogen-bond donors (Lipinski definition) is 1. The van der Waals surface area contributed by atoms with Crippen LogP contribution in [0.4, 0.5) is 10.7 Å². The van der Waals surface area contributed by atoms with Crippen molar-refractivity contribution in [1.29, 1.82) is 0 Å². The molecule has 0 spiro atoms. The third-order valence-corrected chi connectivity index (χ3v) is 4.81. The number of likely N-dealkylation sites (tertiary alicyclic amines) is 1. The smallest absolute Gasteiger partial charge is 0.409 e. The average molecular weight is 381 g/mol. The van der Waals surface area contributed by atoms with Crippen LogP contribution in [0.15, 0.2) is 36.9 Å². The van der Waals surface area contributed by atoms with Crippen LogP contribution >= 0.6 is 0 Å². The highest BCUT2D eigenvalue weighted by atomic mass is 16.6. The minimum Gasteiger partial charge on any atom is -0.450 e. The molecule has 1 N–H and O–H groups in total. The van der Waals surface area contributed by atoms with E-state index in [1.807, 2.05) is 29.7 Å². The Balaban J connectivity index is 1.51. The SMILES string of the molecule is CCOC(=O)N1CCC(Nc2nc3cncnc3n2Cc2ccccn2)CC1. The van der Waals surface area contributed by atoms with Gasteiger partial charge < -0.3 is 15.0 Å². The number of hydrogen-bond acceptors (Lipinski definition) is 7. The molecule has 9 nitrogen and oxygen atoms in total. The Hall–Kier alpha value is -3.23. The van der Waals surface area contributed by atoms with E-state index in [1.54, 1.807) is 17.3 Å². The molecule has 0 radical (unpaired) electrons. The van der Waals surface area contributed by atoms with Crippen molar-refractivity contribution in [2.45, 2.75) is 32.4 Å². The first-order valence-corrected chi connectivity index (χ1v) is 9.49. The standard InChI is InChI=1S/C19H23N7O2/c1-2-28-19(27)25-9-6-14(7-10-25)23-18-24-16-11-20-13-22-17(16)26(18)12-15-5-3-4-8-21-15/h3-5,8,11,13-14H,2,6-7,9-10,12H2,1H3,(H,23,24). The minimum absolute atomic E-state index is 0.220. The highest BCUT2D eigenvalue weighted by Gasteiger charge is 2.25. The number of carbonyl (C=O) groups excluding carboxylic acids is 1. The van der Waals surface area contributed by atoms with Crippen molar-refractivity contribution in [3.05, 3.63) is 42.6 Å². The first kappa shape index (κ1) is 18.1. The van der Waals surface area contributed by atoms with Gasteiger partial charge in [-0.1, -0.05) is 6.07 Å². The number of carbonyl (C=O) groups is 1. The van der Waals surface area contributed by atoms with Crippen LogP contribution in [-0.2, 0) is 11.3 Å². The lowest BCUT2D eigenvalue weighted by atomic mass is 10.1. The summed E-state index contributed by atoms with van der Waals surface area (Å²) in [5, 5.41) is 3.53. The van der Waals surface area contributed by atoms with Crippen LogP contribution in [0.2, 0.25) is 0 Å². The highest BCUT2D eigenvalue weighted by molar-refractivity contribution is 5.73. The number of amides is 1. The molecule has 3 aromatic rings. The molecule has 0 aromatic carbocycles. The maximum Gasteiger partial charge on any atom is 0.409 e. The van der Waals surface area contributed by atoms with E-state index in [4.69, 9.17) is 4.74 Å². The van der Waals surface area contributed by atoms with Gasteiger partial charge in [0.2, 0.25) is 5.95 Å². The molecule has 1 aliphatic rings. The average Bonchev–Trinajstić information content (AvgIpc) is 3.06. The molecule has 146 valence electrons. The van der Waals surface area contributed by atoms with Crippen molar-refractivity contribution < 1.29 is 9.53 Å². The van der Waals surface area contributed by atoms with E-state index in [2.05, 4.69) is 25.3 Å². The second kappa shape index (κ2) is 8.20. The topological polar surface area (TPSA) is 98.1 Å². The van der Waals surface area contributed by atoms with E-state index >= 15 is 0 Å². The van der Waals surface area contributed by atoms with Gasteiger partial charge in [0, 0.05) is 25.3 Å². The van der Waals surface area contributed by atoms with Crippen LogP contribution in [-0.4, -0.2) is 61.2 Å². The zero-order valence-electron chi connectivity index (χ0n) is 15.8. The monoisotopic (exact) mass is 381 g/mol. The molecule has 28 heavy (non-hydrogen) atoms. The Morgan fingerprint density at radius 1 is 1.29 bits per heavy atom. The lowest BCUT2D eigenvalue weighted by Crippen LogP contribution is -2.42. The molecule has 0 unspecified atom stereocenters. The van der Waals surface area contributed by atoms with Crippen LogP contribution in [0.1, 0.15) is 25.5 Å². The fourth-order valence-corrected chi connectivity index (χ4v) is 3.39. The summed E-state index contributed by atoms with van der Waals surface area (Å²) >= 11 is 0. The van der Waals surface area contributed by atoms with Crippen molar-refractivity contribution in [2.24, 2.45) is 0 Å². The minimum atomic E-state index is -0.237. The largest absolute Gasteiger partial charge is 0.450 e. The van der Waals surface area contributed by atoms with Crippen LogP contribution in [0.25, 0.3) is 11.2 Å². The molecule has 1 fully saturated rings. The number of anilines is 1. The third kappa shape index (κ3) is 3.88. The van der Waals surface area contributed by atoms with Gasteiger partial charge in [-0.3, -0.25) is 9.55 Å². The Bertz CT molecular complexity index is 936. The molecule has 0 atom stereocenters. The molecular formula is C19H23N7O2. The maximum absolute atomic E-state index is 11.9. The van der Waals surface area contributed by atoms with E-state index in [0.29, 0.717) is 26.2 Å². The van der Waals surface area contributed by atoms with Crippen LogP contribution < -0.4 is 5.32 Å². The van der Waals surface area contributed by atoms with Crippen molar-refractivity contribution in [1.82, 2.24) is 29.4 Å². The molecule has 4 rings (SSSR count). The second-order valence-electron chi connectivity index (χ2n) is 6.68. The van der Waals surface area contributed by atoms with Crippen molar-refractivity contribution in [3.63, 3.8) is 0 Å². The number of ether oxygens (including phenoxy) is 1. The van der Waals surface area contributed by atoms with E-state index in [9.17, 15) is 4.79 Å². The van der Waals surface area contributed by atoms with Crippen LogP contribution in [0, 0.1) is 0 Å². The molecule has 3 aromatic heterocycles. The molecule has 1 amide bonds. The number of imidazole rings is 1. The summed E-state index contributed by atoms with van der Waals surface area (Å²) < 4.78 is 7.11. The van der Waals surface area contributed by atoms with Gasteiger partial charge >= 0.3 is 6.09 Å². The summed E-state index contributed by atoms with van der Waals surface area (Å²) in [6, 6.07) is 6.06. The Morgan fingerprint density at radius 2 is 2.14 bits per heavy atom. The summed E-state index contributed by atoms with van der Waals surface area (Å²) in [6.07, 6.45) is 6.45. The second-order valence-corrected chi connectivity index (χ2v) is 6.68. The van der Waals surface area contributed by atoms with Gasteiger partial charge in [0.25, 0.3) is 0 Å². The summed E-state index contributed by atoms with van der Waals surface area (Å²) in [5.41, 5.74) is 2.44. The van der Waals surface area contributed by atoms with Gasteiger partial charge in [-0.15, -0.1) is 0 Å². The zero-order valence-corrected chi connectivity index (χ0v) is 15.8. The maximum atomic E-state index is 11.9. The Labute approximate surface area is 162 Å². The lowest BCUT2D eigenvalue weighted by Gasteiger charge is -2.31. The summed E-state index contributed by atoms with van der Waals surface area (Å²) in [5.74, 6) is 0.746. The molecule has 1 saturated heterocycles. The molecular weight excluding hydrogens is 358 g/mol. The quantitative estimate of drug-likeness (QED) is 0.724. The molecule has 9 heteroatoms. The first-order valence-electron chi connectivity index (χ1n) is 9.49. The van der Waals surface area contributed by atoms with Gasteiger partial charge in [-0.05, 0) is 31.9 Å². The summed E-state index contributed by atoms with van der Waals surface area (Å²) in [7, 11) is 0.